The Labute approximate surface area is 183 Å². The SMILES string of the molecule is CC1(C)C2Cc3c(nn(-c4ccccc4)c3C3(O)C=CC(c4ccccc4)=CC3)C1C2. The molecule has 0 radical (unpaired) electrons. The minimum absolute atomic E-state index is 0.297. The molecule has 4 aliphatic rings. The van der Waals surface area contributed by atoms with Crippen LogP contribution in [0.1, 0.15) is 55.1 Å². The van der Waals surface area contributed by atoms with Crippen LogP contribution in [0.25, 0.3) is 11.3 Å². The lowest BCUT2D eigenvalue weighted by Gasteiger charge is -2.55. The summed E-state index contributed by atoms with van der Waals surface area (Å²) in [6, 6.07) is 20.6. The van der Waals surface area contributed by atoms with E-state index in [4.69, 9.17) is 5.10 Å². The molecule has 1 N–H and O–H groups in total. The number of benzene rings is 2. The Bertz CT molecular complexity index is 1200. The minimum Gasteiger partial charge on any atom is -0.379 e. The van der Waals surface area contributed by atoms with Crippen LogP contribution in [0.5, 0.6) is 0 Å². The summed E-state index contributed by atoms with van der Waals surface area (Å²) in [5, 5.41) is 17.1. The second kappa shape index (κ2) is 6.54. The Morgan fingerprint density at radius 1 is 1.00 bits per heavy atom. The zero-order valence-electron chi connectivity index (χ0n) is 18.1. The molecule has 4 aliphatic carbocycles. The van der Waals surface area contributed by atoms with Gasteiger partial charge in [0.2, 0.25) is 0 Å². The summed E-state index contributed by atoms with van der Waals surface area (Å²) in [4.78, 5) is 0. The van der Waals surface area contributed by atoms with Gasteiger partial charge in [-0.3, -0.25) is 0 Å². The number of hydrogen-bond donors (Lipinski definition) is 1. The normalized spacial score (nSPS) is 27.9. The third kappa shape index (κ3) is 2.73. The Morgan fingerprint density at radius 3 is 2.35 bits per heavy atom. The minimum atomic E-state index is -1.05. The van der Waals surface area contributed by atoms with Gasteiger partial charge in [-0.05, 0) is 53.5 Å². The molecule has 156 valence electrons. The van der Waals surface area contributed by atoms with Crippen LogP contribution in [0.3, 0.4) is 0 Å². The summed E-state index contributed by atoms with van der Waals surface area (Å²) < 4.78 is 2.02. The second-order valence-corrected chi connectivity index (χ2v) is 9.96. The smallest absolute Gasteiger partial charge is 0.129 e. The molecule has 3 nitrogen and oxygen atoms in total. The third-order valence-electron chi connectivity index (χ3n) is 7.96. The maximum absolute atomic E-state index is 11.9. The van der Waals surface area contributed by atoms with E-state index in [1.807, 2.05) is 35.0 Å². The molecule has 31 heavy (non-hydrogen) atoms. The molecule has 0 aliphatic heterocycles. The van der Waals surface area contributed by atoms with Crippen LogP contribution in [-0.2, 0) is 12.0 Å². The van der Waals surface area contributed by atoms with E-state index in [2.05, 4.69) is 62.4 Å². The van der Waals surface area contributed by atoms with Crippen molar-refractivity contribution in [2.45, 2.75) is 44.6 Å². The van der Waals surface area contributed by atoms with Crippen molar-refractivity contribution in [2.24, 2.45) is 11.3 Å². The Hall–Kier alpha value is -2.91. The van der Waals surface area contributed by atoms with Crippen LogP contribution in [0.2, 0.25) is 0 Å². The van der Waals surface area contributed by atoms with E-state index in [-0.39, 0.29) is 0 Å². The van der Waals surface area contributed by atoms with Crippen molar-refractivity contribution in [1.82, 2.24) is 9.78 Å². The predicted octanol–water partition coefficient (Wildman–Crippen LogP) is 5.79. The van der Waals surface area contributed by atoms with E-state index < -0.39 is 5.60 Å². The van der Waals surface area contributed by atoms with Gasteiger partial charge in [-0.2, -0.15) is 5.10 Å². The molecule has 3 atom stereocenters. The molecule has 7 rings (SSSR count). The number of hydrogen-bond acceptors (Lipinski definition) is 2. The number of nitrogens with zero attached hydrogens (tertiary/aromatic N) is 2. The molecule has 2 aromatic carbocycles. The van der Waals surface area contributed by atoms with Crippen LogP contribution >= 0.6 is 0 Å². The molecule has 0 amide bonds. The molecule has 3 heteroatoms. The lowest BCUT2D eigenvalue weighted by molar-refractivity contribution is 0.0143. The van der Waals surface area contributed by atoms with Crippen molar-refractivity contribution in [3.05, 3.63) is 101 Å². The molecule has 3 unspecified atom stereocenters. The fourth-order valence-corrected chi connectivity index (χ4v) is 5.87. The molecular formula is C28H28N2O. The van der Waals surface area contributed by atoms with Crippen LogP contribution < -0.4 is 0 Å². The van der Waals surface area contributed by atoms with Crippen molar-refractivity contribution in [1.29, 1.82) is 0 Å². The first-order valence-electron chi connectivity index (χ1n) is 11.3. The van der Waals surface area contributed by atoms with E-state index in [9.17, 15) is 5.11 Å². The summed E-state index contributed by atoms with van der Waals surface area (Å²) in [6.07, 6.45) is 9.00. The van der Waals surface area contributed by atoms with Crippen LogP contribution in [0.4, 0.5) is 0 Å². The summed E-state index contributed by atoms with van der Waals surface area (Å²) in [5.74, 6) is 1.15. The van der Waals surface area contributed by atoms with Gasteiger partial charge in [0.15, 0.2) is 0 Å². The van der Waals surface area contributed by atoms with E-state index >= 15 is 0 Å². The van der Waals surface area contributed by atoms with E-state index in [0.29, 0.717) is 23.7 Å². The van der Waals surface area contributed by atoms with Gasteiger partial charge >= 0.3 is 0 Å². The molecule has 0 spiro atoms. The summed E-state index contributed by atoms with van der Waals surface area (Å²) >= 11 is 0. The maximum atomic E-state index is 11.9. The number of aliphatic hydroxyl groups is 1. The van der Waals surface area contributed by atoms with Gasteiger partial charge in [-0.25, -0.2) is 4.68 Å². The fourth-order valence-electron chi connectivity index (χ4n) is 5.87. The average Bonchev–Trinajstić information content (AvgIpc) is 3.21. The zero-order chi connectivity index (χ0) is 21.2. The maximum Gasteiger partial charge on any atom is 0.129 e. The van der Waals surface area contributed by atoms with Gasteiger partial charge in [0, 0.05) is 17.9 Å². The molecule has 1 aromatic heterocycles. The fraction of sp³-hybridized carbons (Fsp3) is 0.321. The molecule has 2 bridgehead atoms. The Balaban J connectivity index is 1.47. The van der Waals surface area contributed by atoms with Gasteiger partial charge in [-0.15, -0.1) is 0 Å². The van der Waals surface area contributed by atoms with Gasteiger partial charge in [0.1, 0.15) is 5.60 Å². The van der Waals surface area contributed by atoms with E-state index in [1.165, 1.54) is 23.2 Å². The topological polar surface area (TPSA) is 38.0 Å². The molecule has 3 aromatic rings. The van der Waals surface area contributed by atoms with Crippen LogP contribution in [-0.4, -0.2) is 14.9 Å². The summed E-state index contributed by atoms with van der Waals surface area (Å²) in [6.45, 7) is 4.75. The average molecular weight is 409 g/mol. The quantitative estimate of drug-likeness (QED) is 0.596. The zero-order valence-corrected chi connectivity index (χ0v) is 18.1. The molecule has 1 fully saturated rings. The standard InChI is InChI=1S/C28H28N2O/c1-27(2)21-17-23-25(24(27)18-21)29-30(22-11-7-4-8-12-22)26(23)28(31)15-13-20(14-16-28)19-9-5-3-6-10-19/h3-15,21,24,31H,16-18H2,1-2H3. The van der Waals surface area contributed by atoms with Crippen LogP contribution in [0, 0.1) is 11.3 Å². The highest BCUT2D eigenvalue weighted by Crippen LogP contribution is 2.63. The van der Waals surface area contributed by atoms with Crippen molar-refractivity contribution in [3.63, 3.8) is 0 Å². The van der Waals surface area contributed by atoms with Gasteiger partial charge in [0.05, 0.1) is 17.1 Å². The lowest BCUT2D eigenvalue weighted by Crippen LogP contribution is -2.48. The van der Waals surface area contributed by atoms with Crippen molar-refractivity contribution >= 4 is 5.57 Å². The predicted molar refractivity (Wildman–Crippen MR) is 124 cm³/mol. The highest BCUT2D eigenvalue weighted by atomic mass is 16.3. The van der Waals surface area contributed by atoms with Crippen molar-refractivity contribution < 1.29 is 5.11 Å². The number of allylic oxidation sites excluding steroid dienone is 2. The monoisotopic (exact) mass is 408 g/mol. The second-order valence-electron chi connectivity index (χ2n) is 9.96. The Kier molecular flexibility index (Phi) is 3.97. The lowest BCUT2D eigenvalue weighted by atomic mass is 9.48. The molecule has 1 heterocycles. The molecule has 1 saturated carbocycles. The third-order valence-corrected chi connectivity index (χ3v) is 7.96. The number of rotatable bonds is 3. The largest absolute Gasteiger partial charge is 0.379 e. The van der Waals surface area contributed by atoms with Gasteiger partial charge in [0.25, 0.3) is 0 Å². The van der Waals surface area contributed by atoms with Crippen molar-refractivity contribution in [2.75, 3.05) is 0 Å². The first-order valence-corrected chi connectivity index (χ1v) is 11.3. The first kappa shape index (κ1) is 18.8. The number of aromatic nitrogens is 2. The van der Waals surface area contributed by atoms with E-state index in [1.54, 1.807) is 0 Å². The molecular weight excluding hydrogens is 380 g/mol. The highest BCUT2D eigenvalue weighted by Gasteiger charge is 2.56. The van der Waals surface area contributed by atoms with E-state index in [0.717, 1.165) is 23.4 Å². The molecule has 0 saturated heterocycles. The first-order chi connectivity index (χ1) is 15.0. The van der Waals surface area contributed by atoms with Gasteiger partial charge < -0.3 is 5.11 Å². The summed E-state index contributed by atoms with van der Waals surface area (Å²) in [5.41, 5.74) is 6.03. The Morgan fingerprint density at radius 2 is 1.71 bits per heavy atom. The highest BCUT2D eigenvalue weighted by molar-refractivity contribution is 5.75. The summed E-state index contributed by atoms with van der Waals surface area (Å²) in [7, 11) is 0. The van der Waals surface area contributed by atoms with Crippen LogP contribution in [0.15, 0.2) is 78.9 Å². The van der Waals surface area contributed by atoms with Gasteiger partial charge in [-0.1, -0.05) is 74.5 Å². The van der Waals surface area contributed by atoms with Crippen molar-refractivity contribution in [3.8, 4) is 5.69 Å². The number of para-hydroxylation sites is 1.